The molecule has 3 heterocycles. The van der Waals surface area contributed by atoms with Crippen LogP contribution in [0.4, 0.5) is 15.8 Å². The van der Waals surface area contributed by atoms with Gasteiger partial charge in [0.25, 0.3) is 0 Å². The van der Waals surface area contributed by atoms with Crippen molar-refractivity contribution >= 4 is 62.6 Å². The molecule has 2 amide bonds. The summed E-state index contributed by atoms with van der Waals surface area (Å²) < 4.78 is 14.8. The molecule has 4 atom stereocenters. The molecule has 35 heavy (non-hydrogen) atoms. The molecule has 3 aliphatic heterocycles. The molecule has 5 nitrogen and oxygen atoms in total. The number of imide groups is 1. The normalized spacial score (nSPS) is 24.4. The number of carbonyl (C=O) groups excluding carboxylic acids is 3. The Bertz CT molecular complexity index is 1440. The van der Waals surface area contributed by atoms with E-state index in [9.17, 15) is 18.8 Å². The third kappa shape index (κ3) is 3.37. The summed E-state index contributed by atoms with van der Waals surface area (Å²) in [6, 6.07) is 16.2. The van der Waals surface area contributed by atoms with Gasteiger partial charge in [-0.3, -0.25) is 14.4 Å². The van der Waals surface area contributed by atoms with Gasteiger partial charge in [0.2, 0.25) is 11.8 Å². The maximum absolute atomic E-state index is 14.0. The van der Waals surface area contributed by atoms with Crippen LogP contribution in [0.3, 0.4) is 0 Å². The largest absolute Gasteiger partial charge is 0.352 e. The molecule has 0 spiro atoms. The Morgan fingerprint density at radius 1 is 0.943 bits per heavy atom. The van der Waals surface area contributed by atoms with Gasteiger partial charge in [-0.05, 0) is 48.0 Å². The molecule has 0 bridgehead atoms. The molecule has 3 aliphatic rings. The summed E-state index contributed by atoms with van der Waals surface area (Å²) in [5.74, 6) is -3.49. The van der Waals surface area contributed by atoms with Crippen LogP contribution in [-0.2, 0) is 9.59 Å². The lowest BCUT2D eigenvalue weighted by molar-refractivity contribution is -0.122. The highest BCUT2D eigenvalue weighted by Crippen LogP contribution is 2.50. The first-order valence-electron chi connectivity index (χ1n) is 11.0. The average molecular weight is 552 g/mol. The van der Waals surface area contributed by atoms with E-state index >= 15 is 0 Å². The van der Waals surface area contributed by atoms with Crippen LogP contribution in [0.5, 0.6) is 0 Å². The van der Waals surface area contributed by atoms with Crippen LogP contribution in [0.1, 0.15) is 15.9 Å². The van der Waals surface area contributed by atoms with Crippen molar-refractivity contribution in [2.75, 3.05) is 9.80 Å². The molecule has 8 heteroatoms. The highest BCUT2D eigenvalue weighted by molar-refractivity contribution is 9.10. The predicted octanol–water partition coefficient (Wildman–Crippen LogP) is 5.51. The fraction of sp³-hybridized carbons (Fsp3) is 0.148. The Morgan fingerprint density at radius 2 is 1.69 bits per heavy atom. The zero-order valence-corrected chi connectivity index (χ0v) is 20.4. The van der Waals surface area contributed by atoms with Crippen molar-refractivity contribution < 1.29 is 18.8 Å². The molecule has 0 aromatic heterocycles. The van der Waals surface area contributed by atoms with Crippen molar-refractivity contribution in [1.82, 2.24) is 0 Å². The van der Waals surface area contributed by atoms with Crippen molar-refractivity contribution in [3.8, 4) is 0 Å². The minimum atomic E-state index is -0.929. The lowest BCUT2D eigenvalue weighted by atomic mass is 9.86. The minimum Gasteiger partial charge on any atom is -0.352 e. The zero-order valence-electron chi connectivity index (χ0n) is 18.1. The van der Waals surface area contributed by atoms with Crippen LogP contribution in [-0.4, -0.2) is 29.7 Å². The maximum atomic E-state index is 14.0. The first-order valence-corrected chi connectivity index (χ1v) is 12.2. The molecule has 174 valence electrons. The van der Waals surface area contributed by atoms with E-state index in [1.807, 2.05) is 23.1 Å². The molecule has 6 rings (SSSR count). The molecule has 2 saturated heterocycles. The second-order valence-corrected chi connectivity index (χ2v) is 10.2. The predicted molar refractivity (Wildman–Crippen MR) is 135 cm³/mol. The monoisotopic (exact) mass is 550 g/mol. The van der Waals surface area contributed by atoms with Gasteiger partial charge in [0.1, 0.15) is 11.9 Å². The smallest absolute Gasteiger partial charge is 0.240 e. The molecule has 2 fully saturated rings. The van der Waals surface area contributed by atoms with Crippen LogP contribution in [0.15, 0.2) is 77.3 Å². The van der Waals surface area contributed by atoms with Gasteiger partial charge in [0.05, 0.1) is 23.6 Å². The molecule has 0 radical (unpaired) electrons. The van der Waals surface area contributed by atoms with Gasteiger partial charge >= 0.3 is 0 Å². The van der Waals surface area contributed by atoms with E-state index in [-0.39, 0.29) is 11.5 Å². The number of rotatable bonds is 3. The van der Waals surface area contributed by atoms with Gasteiger partial charge in [-0.1, -0.05) is 63.9 Å². The summed E-state index contributed by atoms with van der Waals surface area (Å²) >= 11 is 9.69. The van der Waals surface area contributed by atoms with E-state index < -0.39 is 41.6 Å². The fourth-order valence-electron chi connectivity index (χ4n) is 5.49. The lowest BCUT2D eigenvalue weighted by Gasteiger charge is -2.36. The number of amides is 2. The summed E-state index contributed by atoms with van der Waals surface area (Å²) in [5, 5.41) is 0.490. The topological polar surface area (TPSA) is 57.7 Å². The standard InChI is InChI=1S/C27H17BrClFN2O3/c28-16-8-4-15(5-9-16)25(33)24-23-22(20-11-7-14-6-10-17(29)12-21(14)32(20)24)26(34)31(27(23)35)19-3-1-2-18(30)13-19/h1-13,20,22-24H/t20-,22+,23+,24-/m0/s1. The van der Waals surface area contributed by atoms with Gasteiger partial charge in [-0.2, -0.15) is 0 Å². The Morgan fingerprint density at radius 3 is 2.43 bits per heavy atom. The number of anilines is 2. The molecule has 0 saturated carbocycles. The summed E-state index contributed by atoms with van der Waals surface area (Å²) in [6.07, 6.45) is 3.75. The highest BCUT2D eigenvalue weighted by atomic mass is 79.9. The van der Waals surface area contributed by atoms with E-state index in [0.717, 1.165) is 21.0 Å². The van der Waals surface area contributed by atoms with Crippen LogP contribution in [0.25, 0.3) is 6.08 Å². The molecule has 0 unspecified atom stereocenters. The SMILES string of the molecule is O=C(c1ccc(Br)cc1)[C@@H]1[C@@H]2C(=O)N(c3cccc(F)c3)C(=O)[C@@H]2[C@@H]2C=Cc3ccc(Cl)cc3N12. The number of hydrogen-bond donors (Lipinski definition) is 0. The van der Waals surface area contributed by atoms with Gasteiger partial charge in [-0.15, -0.1) is 0 Å². The average Bonchev–Trinajstić information content (AvgIpc) is 3.32. The number of halogens is 3. The van der Waals surface area contributed by atoms with Crippen LogP contribution >= 0.6 is 27.5 Å². The Balaban J connectivity index is 1.51. The number of Topliss-reactive ketones (excluding diaryl/α,β-unsaturated/α-hetero) is 1. The fourth-order valence-corrected chi connectivity index (χ4v) is 5.92. The number of benzene rings is 3. The van der Waals surface area contributed by atoms with E-state index in [1.54, 1.807) is 36.4 Å². The Labute approximate surface area is 213 Å². The van der Waals surface area contributed by atoms with Crippen molar-refractivity contribution in [2.45, 2.75) is 12.1 Å². The number of fused-ring (bicyclic) bond motifs is 5. The summed E-state index contributed by atoms with van der Waals surface area (Å²) in [7, 11) is 0. The third-order valence-corrected chi connectivity index (χ3v) is 7.70. The first-order chi connectivity index (χ1) is 16.8. The van der Waals surface area contributed by atoms with Crippen molar-refractivity contribution in [1.29, 1.82) is 0 Å². The zero-order chi connectivity index (χ0) is 24.4. The first kappa shape index (κ1) is 22.2. The highest BCUT2D eigenvalue weighted by Gasteiger charge is 2.64. The summed E-state index contributed by atoms with van der Waals surface area (Å²) in [4.78, 5) is 44.3. The van der Waals surface area contributed by atoms with E-state index in [2.05, 4.69) is 15.9 Å². The van der Waals surface area contributed by atoms with Crippen LogP contribution in [0, 0.1) is 17.7 Å². The minimum absolute atomic E-state index is 0.166. The second-order valence-electron chi connectivity index (χ2n) is 8.82. The number of ketones is 1. The molecule has 3 aromatic carbocycles. The van der Waals surface area contributed by atoms with Gasteiger partial charge in [0.15, 0.2) is 5.78 Å². The van der Waals surface area contributed by atoms with Crippen molar-refractivity contribution in [3.63, 3.8) is 0 Å². The molecule has 0 aliphatic carbocycles. The summed E-state index contributed by atoms with van der Waals surface area (Å²) in [6.45, 7) is 0. The van der Waals surface area contributed by atoms with E-state index in [1.165, 1.54) is 18.2 Å². The lowest BCUT2D eigenvalue weighted by Crippen LogP contribution is -2.48. The number of hydrogen-bond acceptors (Lipinski definition) is 4. The van der Waals surface area contributed by atoms with E-state index in [0.29, 0.717) is 16.3 Å². The maximum Gasteiger partial charge on any atom is 0.240 e. The number of nitrogens with zero attached hydrogens (tertiary/aromatic N) is 2. The molecule has 3 aromatic rings. The van der Waals surface area contributed by atoms with Crippen LogP contribution < -0.4 is 9.80 Å². The van der Waals surface area contributed by atoms with Crippen LogP contribution in [0.2, 0.25) is 5.02 Å². The summed E-state index contributed by atoms with van der Waals surface area (Å²) in [5.41, 5.74) is 2.15. The Hall–Kier alpha value is -3.29. The van der Waals surface area contributed by atoms with Gasteiger partial charge in [0, 0.05) is 20.7 Å². The Kier molecular flexibility index (Phi) is 5.16. The molecular weight excluding hydrogens is 535 g/mol. The molecule has 0 N–H and O–H groups in total. The third-order valence-electron chi connectivity index (χ3n) is 6.93. The van der Waals surface area contributed by atoms with Gasteiger partial charge < -0.3 is 4.90 Å². The van der Waals surface area contributed by atoms with Crippen molar-refractivity contribution in [2.24, 2.45) is 11.8 Å². The number of carbonyl (C=O) groups is 3. The van der Waals surface area contributed by atoms with Crippen molar-refractivity contribution in [3.05, 3.63) is 99.2 Å². The quantitative estimate of drug-likeness (QED) is 0.318. The second kappa shape index (κ2) is 8.14. The van der Waals surface area contributed by atoms with E-state index in [4.69, 9.17) is 11.6 Å². The molecular formula is C27H17BrClFN2O3. The van der Waals surface area contributed by atoms with Gasteiger partial charge in [-0.25, -0.2) is 9.29 Å².